The first-order valence-electron chi connectivity index (χ1n) is 7.17. The molecule has 1 heterocycles. The van der Waals surface area contributed by atoms with Gasteiger partial charge in [0, 0.05) is 17.1 Å². The molecular weight excluding hydrogens is 260 g/mol. The normalized spacial score (nSPS) is 10.7. The number of benzene rings is 2. The molecule has 0 bridgehead atoms. The summed E-state index contributed by atoms with van der Waals surface area (Å²) in [7, 11) is 0. The molecule has 0 saturated carbocycles. The third-order valence-corrected chi connectivity index (χ3v) is 3.37. The van der Waals surface area contributed by atoms with Gasteiger partial charge in [-0.25, -0.2) is 4.98 Å². The molecule has 21 heavy (non-hydrogen) atoms. The monoisotopic (exact) mass is 278 g/mol. The van der Waals surface area contributed by atoms with Crippen LogP contribution in [0.15, 0.2) is 54.6 Å². The molecule has 0 aliphatic heterocycles. The highest BCUT2D eigenvalue weighted by molar-refractivity contribution is 5.82. The van der Waals surface area contributed by atoms with Gasteiger partial charge in [-0.15, -0.1) is 0 Å². The van der Waals surface area contributed by atoms with Gasteiger partial charge in [0.15, 0.2) is 0 Å². The average molecular weight is 278 g/mol. The third-order valence-electron chi connectivity index (χ3n) is 3.37. The molecule has 3 rings (SSSR count). The summed E-state index contributed by atoms with van der Waals surface area (Å²) in [4.78, 5) is 4.49. The fourth-order valence-electron chi connectivity index (χ4n) is 2.32. The number of ether oxygens (including phenoxy) is 1. The lowest BCUT2D eigenvalue weighted by molar-refractivity contribution is 0.465. The Morgan fingerprint density at radius 1 is 1.00 bits per heavy atom. The van der Waals surface area contributed by atoms with Gasteiger partial charge in [0.2, 0.25) is 5.88 Å². The van der Waals surface area contributed by atoms with Gasteiger partial charge in [-0.05, 0) is 48.4 Å². The van der Waals surface area contributed by atoms with Gasteiger partial charge >= 0.3 is 0 Å². The Balaban J connectivity index is 1.82. The Bertz CT molecular complexity index is 751. The number of aryl methyl sites for hydroxylation is 1. The molecule has 3 aromatic rings. The van der Waals surface area contributed by atoms with E-state index >= 15 is 0 Å². The summed E-state index contributed by atoms with van der Waals surface area (Å²) in [6, 6.07) is 17.7. The Hall–Kier alpha value is -2.55. The number of pyridine rings is 1. The zero-order valence-corrected chi connectivity index (χ0v) is 12.0. The van der Waals surface area contributed by atoms with Crippen molar-refractivity contribution in [3.63, 3.8) is 0 Å². The molecule has 0 radical (unpaired) electrons. The van der Waals surface area contributed by atoms with Crippen LogP contribution >= 0.6 is 0 Å². The molecule has 0 unspecified atom stereocenters. The van der Waals surface area contributed by atoms with Crippen molar-refractivity contribution in [2.75, 3.05) is 5.73 Å². The summed E-state index contributed by atoms with van der Waals surface area (Å²) < 4.78 is 5.81. The Kier molecular flexibility index (Phi) is 3.73. The molecule has 0 saturated heterocycles. The van der Waals surface area contributed by atoms with E-state index in [1.54, 1.807) is 0 Å². The molecule has 1 aromatic heterocycles. The highest BCUT2D eigenvalue weighted by Crippen LogP contribution is 2.24. The number of anilines is 1. The van der Waals surface area contributed by atoms with Crippen molar-refractivity contribution in [1.82, 2.24) is 4.98 Å². The largest absolute Gasteiger partial charge is 0.439 e. The van der Waals surface area contributed by atoms with Crippen LogP contribution in [0.3, 0.4) is 0 Å². The van der Waals surface area contributed by atoms with Gasteiger partial charge in [-0.2, -0.15) is 0 Å². The van der Waals surface area contributed by atoms with Gasteiger partial charge in [-0.1, -0.05) is 25.5 Å². The second kappa shape index (κ2) is 5.83. The second-order valence-corrected chi connectivity index (χ2v) is 5.10. The van der Waals surface area contributed by atoms with Gasteiger partial charge < -0.3 is 10.5 Å². The van der Waals surface area contributed by atoms with Crippen molar-refractivity contribution < 1.29 is 4.74 Å². The zero-order valence-electron chi connectivity index (χ0n) is 12.0. The van der Waals surface area contributed by atoms with E-state index in [9.17, 15) is 0 Å². The van der Waals surface area contributed by atoms with Gasteiger partial charge in [0.25, 0.3) is 0 Å². The first kappa shape index (κ1) is 13.4. The lowest BCUT2D eigenvalue weighted by Gasteiger charge is -2.07. The smallest absolute Gasteiger partial charge is 0.219 e. The Labute approximate surface area is 124 Å². The van der Waals surface area contributed by atoms with Gasteiger partial charge in [-0.3, -0.25) is 0 Å². The number of fused-ring (bicyclic) bond motifs is 1. The minimum absolute atomic E-state index is 0.593. The fraction of sp³-hybridized carbons (Fsp3) is 0.167. The lowest BCUT2D eigenvalue weighted by Crippen LogP contribution is -1.90. The van der Waals surface area contributed by atoms with Crippen LogP contribution in [0.2, 0.25) is 0 Å². The van der Waals surface area contributed by atoms with E-state index in [-0.39, 0.29) is 0 Å². The van der Waals surface area contributed by atoms with Crippen LogP contribution in [-0.2, 0) is 6.42 Å². The van der Waals surface area contributed by atoms with E-state index < -0.39 is 0 Å². The number of nitrogens with zero attached hydrogens (tertiary/aromatic N) is 1. The number of rotatable bonds is 4. The summed E-state index contributed by atoms with van der Waals surface area (Å²) in [6.07, 6.45) is 2.24. The Morgan fingerprint density at radius 2 is 1.81 bits per heavy atom. The number of hydrogen-bond donors (Lipinski definition) is 1. The molecule has 2 aromatic carbocycles. The van der Waals surface area contributed by atoms with Crippen LogP contribution in [0.4, 0.5) is 5.69 Å². The van der Waals surface area contributed by atoms with E-state index in [0.717, 1.165) is 35.2 Å². The Morgan fingerprint density at radius 3 is 2.57 bits per heavy atom. The van der Waals surface area contributed by atoms with Crippen molar-refractivity contribution in [2.24, 2.45) is 0 Å². The number of nitrogen functional groups attached to an aromatic ring is 1. The highest BCUT2D eigenvalue weighted by Gasteiger charge is 2.02. The van der Waals surface area contributed by atoms with Crippen molar-refractivity contribution in [3.8, 4) is 11.6 Å². The SMILES string of the molecule is CCCc1ccc(Oc2ccc3cc(N)ccc3n2)cc1. The van der Waals surface area contributed by atoms with Crippen molar-refractivity contribution >= 4 is 16.6 Å². The number of nitrogens with two attached hydrogens (primary N) is 1. The van der Waals surface area contributed by atoms with Gasteiger partial charge in [0.1, 0.15) is 5.75 Å². The molecule has 2 N–H and O–H groups in total. The van der Waals surface area contributed by atoms with Crippen molar-refractivity contribution in [3.05, 3.63) is 60.2 Å². The highest BCUT2D eigenvalue weighted by atomic mass is 16.5. The molecule has 0 aliphatic carbocycles. The number of aromatic nitrogens is 1. The van der Waals surface area contributed by atoms with Crippen molar-refractivity contribution in [1.29, 1.82) is 0 Å². The topological polar surface area (TPSA) is 48.1 Å². The van der Waals surface area contributed by atoms with Crippen LogP contribution in [0.1, 0.15) is 18.9 Å². The van der Waals surface area contributed by atoms with Crippen LogP contribution in [0.25, 0.3) is 10.9 Å². The van der Waals surface area contributed by atoms with E-state index in [0.29, 0.717) is 5.88 Å². The summed E-state index contributed by atoms with van der Waals surface area (Å²) in [5.41, 5.74) is 8.71. The fourth-order valence-corrected chi connectivity index (χ4v) is 2.32. The van der Waals surface area contributed by atoms with E-state index in [2.05, 4.69) is 24.0 Å². The van der Waals surface area contributed by atoms with Crippen LogP contribution in [-0.4, -0.2) is 4.98 Å². The van der Waals surface area contributed by atoms with Crippen molar-refractivity contribution in [2.45, 2.75) is 19.8 Å². The zero-order chi connectivity index (χ0) is 14.7. The summed E-state index contributed by atoms with van der Waals surface area (Å²) >= 11 is 0. The minimum atomic E-state index is 0.593. The van der Waals surface area contributed by atoms with E-state index in [1.165, 1.54) is 5.56 Å². The molecule has 0 aliphatic rings. The van der Waals surface area contributed by atoms with Crippen LogP contribution in [0, 0.1) is 0 Å². The summed E-state index contributed by atoms with van der Waals surface area (Å²) in [5.74, 6) is 1.40. The summed E-state index contributed by atoms with van der Waals surface area (Å²) in [5, 5.41) is 1.01. The van der Waals surface area contributed by atoms with E-state index in [4.69, 9.17) is 10.5 Å². The maximum absolute atomic E-state index is 5.81. The van der Waals surface area contributed by atoms with Crippen LogP contribution < -0.4 is 10.5 Å². The maximum atomic E-state index is 5.81. The predicted octanol–water partition coefficient (Wildman–Crippen LogP) is 4.56. The first-order valence-corrected chi connectivity index (χ1v) is 7.17. The minimum Gasteiger partial charge on any atom is -0.439 e. The summed E-state index contributed by atoms with van der Waals surface area (Å²) in [6.45, 7) is 2.18. The molecule has 0 spiro atoms. The lowest BCUT2D eigenvalue weighted by atomic mass is 10.1. The molecule has 0 atom stereocenters. The van der Waals surface area contributed by atoms with Gasteiger partial charge in [0.05, 0.1) is 5.52 Å². The molecule has 3 heteroatoms. The molecule has 3 nitrogen and oxygen atoms in total. The standard InChI is InChI=1S/C18H18N2O/c1-2-3-13-4-8-16(9-5-13)21-18-11-6-14-12-15(19)7-10-17(14)20-18/h4-12H,2-3,19H2,1H3. The van der Waals surface area contributed by atoms with E-state index in [1.807, 2.05) is 42.5 Å². The molecule has 0 amide bonds. The second-order valence-electron chi connectivity index (χ2n) is 5.10. The first-order chi connectivity index (χ1) is 10.2. The number of hydrogen-bond acceptors (Lipinski definition) is 3. The predicted molar refractivity (Wildman–Crippen MR) is 86.7 cm³/mol. The molecule has 0 fully saturated rings. The quantitative estimate of drug-likeness (QED) is 0.711. The van der Waals surface area contributed by atoms with Crippen LogP contribution in [0.5, 0.6) is 11.6 Å². The molecule has 106 valence electrons. The average Bonchev–Trinajstić information content (AvgIpc) is 2.50. The molecular formula is C18H18N2O. The maximum Gasteiger partial charge on any atom is 0.219 e. The third kappa shape index (κ3) is 3.14.